The zero-order valence-corrected chi connectivity index (χ0v) is 18.1. The molecule has 7 rings (SSSR count). The summed E-state index contributed by atoms with van der Waals surface area (Å²) in [7, 11) is 0. The van der Waals surface area contributed by atoms with E-state index in [-0.39, 0.29) is 0 Å². The van der Waals surface area contributed by atoms with Gasteiger partial charge >= 0.3 is 0 Å². The van der Waals surface area contributed by atoms with Crippen LogP contribution in [0.4, 0.5) is 8.78 Å². The third kappa shape index (κ3) is 2.35. The first kappa shape index (κ1) is 18.6. The van der Waals surface area contributed by atoms with Crippen molar-refractivity contribution in [1.29, 1.82) is 0 Å². The van der Waals surface area contributed by atoms with Crippen LogP contribution in [0.3, 0.4) is 0 Å². The number of benzene rings is 4. The van der Waals surface area contributed by atoms with Gasteiger partial charge in [-0.25, -0.2) is 8.78 Å². The number of hydrogen-bond acceptors (Lipinski definition) is 2. The SMILES string of the molecule is CC1(C)c2nc3ccccc3cc2-c2nccc3c2c1cc1c2cc(F)cc(F)c2ccc31. The zero-order valence-electron chi connectivity index (χ0n) is 18.1. The lowest BCUT2D eigenvalue weighted by Gasteiger charge is -2.34. The molecule has 0 aliphatic heterocycles. The fourth-order valence-electron chi connectivity index (χ4n) is 5.54. The van der Waals surface area contributed by atoms with Gasteiger partial charge in [0.25, 0.3) is 0 Å². The van der Waals surface area contributed by atoms with Crippen molar-refractivity contribution in [2.45, 2.75) is 19.3 Å². The smallest absolute Gasteiger partial charge is 0.133 e. The first-order valence-corrected chi connectivity index (χ1v) is 11.0. The number of para-hydroxylation sites is 1. The van der Waals surface area contributed by atoms with Gasteiger partial charge in [0.15, 0.2) is 0 Å². The highest BCUT2D eigenvalue weighted by Gasteiger charge is 2.36. The van der Waals surface area contributed by atoms with E-state index in [4.69, 9.17) is 9.97 Å². The molecule has 0 radical (unpaired) electrons. The molecular weight excluding hydrogens is 414 g/mol. The minimum absolute atomic E-state index is 0.419. The minimum Gasteiger partial charge on any atom is -0.256 e. The van der Waals surface area contributed by atoms with Crippen molar-refractivity contribution in [1.82, 2.24) is 9.97 Å². The average molecular weight is 432 g/mol. The predicted octanol–water partition coefficient (Wildman–Crippen LogP) is 7.67. The van der Waals surface area contributed by atoms with E-state index < -0.39 is 17.0 Å². The Hall–Kier alpha value is -3.92. The summed E-state index contributed by atoms with van der Waals surface area (Å²) in [5, 5.41) is 5.98. The molecule has 0 saturated carbocycles. The predicted molar refractivity (Wildman–Crippen MR) is 130 cm³/mol. The lowest BCUT2D eigenvalue weighted by Crippen LogP contribution is -2.25. The molecule has 0 bridgehead atoms. The van der Waals surface area contributed by atoms with Crippen LogP contribution in [0.1, 0.15) is 25.1 Å². The number of halogens is 2. The second-order valence-electron chi connectivity index (χ2n) is 9.35. The summed E-state index contributed by atoms with van der Waals surface area (Å²) < 4.78 is 28.8. The Labute approximate surface area is 188 Å². The number of pyridine rings is 2. The van der Waals surface area contributed by atoms with Gasteiger partial charge in [-0.2, -0.15) is 0 Å². The van der Waals surface area contributed by atoms with E-state index in [1.54, 1.807) is 6.07 Å². The molecule has 0 unspecified atom stereocenters. The molecule has 4 aromatic carbocycles. The van der Waals surface area contributed by atoms with E-state index in [2.05, 4.69) is 32.0 Å². The third-order valence-electron chi connectivity index (χ3n) is 7.13. The van der Waals surface area contributed by atoms with Crippen LogP contribution in [0.25, 0.3) is 54.5 Å². The summed E-state index contributed by atoms with van der Waals surface area (Å²) in [6, 6.07) is 20.4. The maximum atomic E-state index is 14.6. The fraction of sp³-hybridized carbons (Fsp3) is 0.103. The molecule has 2 aromatic heterocycles. The molecule has 0 amide bonds. The van der Waals surface area contributed by atoms with Crippen molar-refractivity contribution in [3.63, 3.8) is 0 Å². The molecule has 0 saturated heterocycles. The van der Waals surface area contributed by atoms with E-state index in [1.165, 1.54) is 6.07 Å². The van der Waals surface area contributed by atoms with Crippen molar-refractivity contribution in [2.75, 3.05) is 0 Å². The largest absolute Gasteiger partial charge is 0.256 e. The van der Waals surface area contributed by atoms with Gasteiger partial charge in [0.2, 0.25) is 0 Å². The second-order valence-corrected chi connectivity index (χ2v) is 9.35. The van der Waals surface area contributed by atoms with Crippen molar-refractivity contribution < 1.29 is 8.78 Å². The summed E-state index contributed by atoms with van der Waals surface area (Å²) in [5.74, 6) is -1.12. The molecule has 6 aromatic rings. The maximum Gasteiger partial charge on any atom is 0.133 e. The first-order valence-electron chi connectivity index (χ1n) is 11.0. The highest BCUT2D eigenvalue weighted by molar-refractivity contribution is 6.21. The summed E-state index contributed by atoms with van der Waals surface area (Å²) in [4.78, 5) is 9.85. The Kier molecular flexibility index (Phi) is 3.45. The number of fused-ring (bicyclic) bond motifs is 7. The van der Waals surface area contributed by atoms with Gasteiger partial charge in [0, 0.05) is 39.4 Å². The van der Waals surface area contributed by atoms with Crippen LogP contribution in [-0.2, 0) is 5.41 Å². The van der Waals surface area contributed by atoms with Crippen molar-refractivity contribution >= 4 is 43.2 Å². The van der Waals surface area contributed by atoms with Crippen LogP contribution in [0.15, 0.2) is 72.9 Å². The van der Waals surface area contributed by atoms with Gasteiger partial charge in [-0.15, -0.1) is 0 Å². The van der Waals surface area contributed by atoms with Gasteiger partial charge in [0.1, 0.15) is 11.6 Å². The van der Waals surface area contributed by atoms with E-state index in [0.717, 1.165) is 61.0 Å². The average Bonchev–Trinajstić information content (AvgIpc) is 2.81. The fourth-order valence-corrected chi connectivity index (χ4v) is 5.54. The highest BCUT2D eigenvalue weighted by Crippen LogP contribution is 2.50. The van der Waals surface area contributed by atoms with Crippen LogP contribution in [0.5, 0.6) is 0 Å². The quantitative estimate of drug-likeness (QED) is 0.230. The highest BCUT2D eigenvalue weighted by atomic mass is 19.1. The maximum absolute atomic E-state index is 14.6. The molecule has 1 aliphatic carbocycles. The molecule has 1 aliphatic rings. The molecular formula is C29H18F2N2. The van der Waals surface area contributed by atoms with E-state index in [1.807, 2.05) is 36.5 Å². The van der Waals surface area contributed by atoms with Gasteiger partial charge in [-0.3, -0.25) is 9.97 Å². The summed E-state index contributed by atoms with van der Waals surface area (Å²) in [5.41, 5.74) is 4.49. The first-order chi connectivity index (χ1) is 15.9. The molecule has 0 spiro atoms. The second kappa shape index (κ2) is 6.10. The Balaban J connectivity index is 1.71. The van der Waals surface area contributed by atoms with E-state index >= 15 is 0 Å². The molecule has 0 N–H and O–H groups in total. The van der Waals surface area contributed by atoms with Gasteiger partial charge in [0.05, 0.1) is 16.9 Å². The minimum atomic E-state index is -0.575. The molecule has 4 heteroatoms. The number of rotatable bonds is 0. The Morgan fingerprint density at radius 2 is 1.55 bits per heavy atom. The van der Waals surface area contributed by atoms with Gasteiger partial charge < -0.3 is 0 Å². The van der Waals surface area contributed by atoms with Crippen LogP contribution >= 0.6 is 0 Å². The third-order valence-corrected chi connectivity index (χ3v) is 7.13. The van der Waals surface area contributed by atoms with E-state index in [9.17, 15) is 8.78 Å². The van der Waals surface area contributed by atoms with Crippen LogP contribution in [-0.4, -0.2) is 9.97 Å². The normalized spacial score (nSPS) is 14.3. The lowest BCUT2D eigenvalue weighted by molar-refractivity contribution is 0.592. The Bertz CT molecular complexity index is 1820. The molecule has 2 nitrogen and oxygen atoms in total. The molecule has 158 valence electrons. The number of aromatic nitrogens is 2. The monoisotopic (exact) mass is 432 g/mol. The number of hydrogen-bond donors (Lipinski definition) is 0. The molecule has 33 heavy (non-hydrogen) atoms. The van der Waals surface area contributed by atoms with Gasteiger partial charge in [-0.1, -0.05) is 44.2 Å². The summed E-state index contributed by atoms with van der Waals surface area (Å²) in [6.45, 7) is 4.33. The van der Waals surface area contributed by atoms with Crippen molar-refractivity contribution in [3.8, 4) is 11.3 Å². The molecule has 2 heterocycles. The lowest BCUT2D eigenvalue weighted by atomic mass is 9.71. The van der Waals surface area contributed by atoms with E-state index in [0.29, 0.717) is 10.8 Å². The summed E-state index contributed by atoms with van der Waals surface area (Å²) in [6.07, 6.45) is 1.81. The van der Waals surface area contributed by atoms with Crippen LogP contribution in [0, 0.1) is 11.6 Å². The van der Waals surface area contributed by atoms with Gasteiger partial charge in [-0.05, 0) is 57.4 Å². The van der Waals surface area contributed by atoms with Crippen molar-refractivity contribution in [2.24, 2.45) is 0 Å². The van der Waals surface area contributed by atoms with Crippen LogP contribution < -0.4 is 0 Å². The van der Waals surface area contributed by atoms with Crippen LogP contribution in [0.2, 0.25) is 0 Å². The van der Waals surface area contributed by atoms with Crippen molar-refractivity contribution in [3.05, 3.63) is 95.8 Å². The molecule has 0 atom stereocenters. The Morgan fingerprint density at radius 3 is 2.42 bits per heavy atom. The zero-order chi connectivity index (χ0) is 22.5. The standard InChI is InChI=1S/C29H18F2N2/c1-29(2)23-14-21-17(7-8-18-20(21)12-16(30)13-24(18)31)19-9-10-32-27(26(19)23)22-11-15-5-3-4-6-25(15)33-28(22)29/h3-14H,1-2H3. The summed E-state index contributed by atoms with van der Waals surface area (Å²) >= 11 is 0. The topological polar surface area (TPSA) is 25.8 Å². The number of nitrogens with zero attached hydrogens (tertiary/aromatic N) is 2. The molecule has 0 fully saturated rings. The Morgan fingerprint density at radius 1 is 0.758 bits per heavy atom.